The number of hydrogen-bond donors (Lipinski definition) is 1. The zero-order valence-corrected chi connectivity index (χ0v) is 13.3. The summed E-state index contributed by atoms with van der Waals surface area (Å²) in [5, 5.41) is 7.51. The van der Waals surface area contributed by atoms with Gasteiger partial charge in [-0.3, -0.25) is 4.90 Å². The largest absolute Gasteiger partial charge is 0.360 e. The van der Waals surface area contributed by atoms with Gasteiger partial charge in [-0.25, -0.2) is 0 Å². The molecule has 1 rings (SSSR count). The minimum absolute atomic E-state index is 0.104. The van der Waals surface area contributed by atoms with Crippen molar-refractivity contribution >= 4 is 0 Å². The fourth-order valence-electron chi connectivity index (χ4n) is 1.69. The highest BCUT2D eigenvalue weighted by Gasteiger charge is 2.12. The second kappa shape index (κ2) is 7.06. The second-order valence-electron chi connectivity index (χ2n) is 6.81. The van der Waals surface area contributed by atoms with Crippen molar-refractivity contribution in [2.24, 2.45) is 5.92 Å². The van der Waals surface area contributed by atoms with Crippen LogP contribution in [0, 0.1) is 5.92 Å². The van der Waals surface area contributed by atoms with Crippen LogP contribution in [0.5, 0.6) is 0 Å². The van der Waals surface area contributed by atoms with Gasteiger partial charge in [0.1, 0.15) is 0 Å². The molecule has 0 saturated carbocycles. The molecule has 0 aliphatic heterocycles. The molecule has 0 bridgehead atoms. The lowest BCUT2D eigenvalue weighted by atomic mass is 10.1. The number of rotatable bonds is 7. The maximum atomic E-state index is 5.38. The van der Waals surface area contributed by atoms with E-state index in [1.807, 2.05) is 6.07 Å². The Morgan fingerprint density at radius 3 is 2.63 bits per heavy atom. The Morgan fingerprint density at radius 2 is 2.05 bits per heavy atom. The van der Waals surface area contributed by atoms with Crippen LogP contribution in [0.1, 0.15) is 52.5 Å². The summed E-state index contributed by atoms with van der Waals surface area (Å²) in [6, 6.07) is 2.05. The first-order valence-corrected chi connectivity index (χ1v) is 7.14. The van der Waals surface area contributed by atoms with Crippen molar-refractivity contribution in [3.05, 3.63) is 17.5 Å². The van der Waals surface area contributed by atoms with Crippen LogP contribution in [-0.4, -0.2) is 29.2 Å². The molecule has 0 amide bonds. The lowest BCUT2D eigenvalue weighted by molar-refractivity contribution is 0.259. The average Bonchev–Trinajstić information content (AvgIpc) is 2.70. The zero-order chi connectivity index (χ0) is 14.5. The van der Waals surface area contributed by atoms with Crippen LogP contribution < -0.4 is 5.32 Å². The molecule has 0 aromatic carbocycles. The molecule has 4 nitrogen and oxygen atoms in total. The number of hydrogen-bond acceptors (Lipinski definition) is 4. The van der Waals surface area contributed by atoms with Crippen molar-refractivity contribution in [2.45, 2.75) is 59.7 Å². The molecule has 1 aromatic rings. The Labute approximate surface area is 117 Å². The predicted molar refractivity (Wildman–Crippen MR) is 78.9 cm³/mol. The van der Waals surface area contributed by atoms with Crippen LogP contribution in [0.25, 0.3) is 0 Å². The van der Waals surface area contributed by atoms with Gasteiger partial charge in [-0.2, -0.15) is 0 Å². The molecule has 110 valence electrons. The summed E-state index contributed by atoms with van der Waals surface area (Å²) in [5.41, 5.74) is 1.08. The second-order valence-corrected chi connectivity index (χ2v) is 6.81. The molecule has 0 radical (unpaired) electrons. The maximum Gasteiger partial charge on any atom is 0.151 e. The van der Waals surface area contributed by atoms with E-state index in [9.17, 15) is 0 Å². The van der Waals surface area contributed by atoms with Crippen LogP contribution >= 0.6 is 0 Å². The molecular formula is C15H29N3O. The first-order chi connectivity index (χ1) is 8.76. The minimum Gasteiger partial charge on any atom is -0.360 e. The molecule has 0 aliphatic carbocycles. The summed E-state index contributed by atoms with van der Waals surface area (Å²) in [6.45, 7) is 13.6. The smallest absolute Gasteiger partial charge is 0.151 e. The fraction of sp³-hybridized carbons (Fsp3) is 0.800. The summed E-state index contributed by atoms with van der Waals surface area (Å²) in [6.07, 6.45) is 1.21. The van der Waals surface area contributed by atoms with Crippen molar-refractivity contribution < 1.29 is 4.52 Å². The summed E-state index contributed by atoms with van der Waals surface area (Å²) in [5.74, 6) is 1.68. The number of nitrogens with zero attached hydrogens (tertiary/aromatic N) is 2. The molecule has 19 heavy (non-hydrogen) atoms. The van der Waals surface area contributed by atoms with Gasteiger partial charge in [-0.15, -0.1) is 0 Å². The monoisotopic (exact) mass is 267 g/mol. The van der Waals surface area contributed by atoms with Gasteiger partial charge in [-0.05, 0) is 46.7 Å². The highest BCUT2D eigenvalue weighted by atomic mass is 16.5. The van der Waals surface area contributed by atoms with Crippen molar-refractivity contribution in [3.63, 3.8) is 0 Å². The van der Waals surface area contributed by atoms with E-state index >= 15 is 0 Å². The van der Waals surface area contributed by atoms with Gasteiger partial charge in [0.25, 0.3) is 0 Å². The molecule has 0 saturated heterocycles. The van der Waals surface area contributed by atoms with Crippen molar-refractivity contribution in [1.29, 1.82) is 0 Å². The standard InChI is InChI=1S/C15H29N3O/c1-12(2)7-8-18(6)11-14-9-13(17-19-14)10-16-15(3,4)5/h9,12,16H,7-8,10-11H2,1-6H3. The average molecular weight is 267 g/mol. The van der Waals surface area contributed by atoms with Crippen LogP contribution in [0.2, 0.25) is 0 Å². The van der Waals surface area contributed by atoms with Gasteiger partial charge in [-0.1, -0.05) is 19.0 Å². The van der Waals surface area contributed by atoms with Crippen LogP contribution in [-0.2, 0) is 13.1 Å². The van der Waals surface area contributed by atoms with E-state index in [-0.39, 0.29) is 5.54 Å². The van der Waals surface area contributed by atoms with Gasteiger partial charge >= 0.3 is 0 Å². The summed E-state index contributed by atoms with van der Waals surface area (Å²) in [7, 11) is 2.12. The highest BCUT2D eigenvalue weighted by molar-refractivity contribution is 5.05. The topological polar surface area (TPSA) is 41.3 Å². The molecule has 0 fully saturated rings. The normalized spacial score (nSPS) is 12.6. The first kappa shape index (κ1) is 16.2. The Bertz CT molecular complexity index is 366. The SMILES string of the molecule is CC(C)CCN(C)Cc1cc(CNC(C)(C)C)no1. The lowest BCUT2D eigenvalue weighted by Gasteiger charge is -2.19. The Morgan fingerprint density at radius 1 is 1.37 bits per heavy atom. The molecule has 0 unspecified atom stereocenters. The summed E-state index contributed by atoms with van der Waals surface area (Å²) in [4.78, 5) is 2.28. The third-order valence-corrected chi connectivity index (χ3v) is 2.92. The Hall–Kier alpha value is -0.870. The fourth-order valence-corrected chi connectivity index (χ4v) is 1.69. The van der Waals surface area contributed by atoms with Gasteiger partial charge in [0.15, 0.2) is 5.76 Å². The predicted octanol–water partition coefficient (Wildman–Crippen LogP) is 3.04. The van der Waals surface area contributed by atoms with Crippen LogP contribution in [0.4, 0.5) is 0 Å². The van der Waals surface area contributed by atoms with Gasteiger partial charge < -0.3 is 9.84 Å². The van der Waals surface area contributed by atoms with E-state index in [0.717, 1.165) is 37.0 Å². The van der Waals surface area contributed by atoms with Crippen molar-refractivity contribution in [3.8, 4) is 0 Å². The highest BCUT2D eigenvalue weighted by Crippen LogP contribution is 2.09. The third-order valence-electron chi connectivity index (χ3n) is 2.92. The van der Waals surface area contributed by atoms with E-state index < -0.39 is 0 Å². The molecule has 4 heteroatoms. The summed E-state index contributed by atoms with van der Waals surface area (Å²) < 4.78 is 5.38. The van der Waals surface area contributed by atoms with E-state index in [2.05, 4.69) is 57.0 Å². The quantitative estimate of drug-likeness (QED) is 0.824. The van der Waals surface area contributed by atoms with Gasteiger partial charge in [0.05, 0.1) is 12.2 Å². The number of aromatic nitrogens is 1. The van der Waals surface area contributed by atoms with Crippen molar-refractivity contribution in [1.82, 2.24) is 15.4 Å². The zero-order valence-electron chi connectivity index (χ0n) is 13.3. The van der Waals surface area contributed by atoms with E-state index in [1.54, 1.807) is 0 Å². The van der Waals surface area contributed by atoms with Gasteiger partial charge in [0, 0.05) is 18.2 Å². The maximum absolute atomic E-state index is 5.38. The number of nitrogens with one attached hydrogen (secondary N) is 1. The van der Waals surface area contributed by atoms with Gasteiger partial charge in [0.2, 0.25) is 0 Å². The first-order valence-electron chi connectivity index (χ1n) is 7.14. The lowest BCUT2D eigenvalue weighted by Crippen LogP contribution is -2.35. The van der Waals surface area contributed by atoms with Crippen LogP contribution in [0.3, 0.4) is 0 Å². The Kier molecular flexibility index (Phi) is 6.01. The van der Waals surface area contributed by atoms with E-state index in [1.165, 1.54) is 6.42 Å². The molecule has 1 heterocycles. The molecular weight excluding hydrogens is 238 g/mol. The molecule has 1 aromatic heterocycles. The third kappa shape index (κ3) is 7.33. The minimum atomic E-state index is 0.104. The van der Waals surface area contributed by atoms with E-state index in [0.29, 0.717) is 0 Å². The van der Waals surface area contributed by atoms with Crippen LogP contribution in [0.15, 0.2) is 10.6 Å². The molecule has 0 spiro atoms. The molecule has 1 N–H and O–H groups in total. The Balaban J connectivity index is 2.38. The van der Waals surface area contributed by atoms with Crippen molar-refractivity contribution in [2.75, 3.05) is 13.6 Å². The molecule has 0 aliphatic rings. The van der Waals surface area contributed by atoms with E-state index in [4.69, 9.17) is 4.52 Å². The molecule has 0 atom stereocenters. The summed E-state index contributed by atoms with van der Waals surface area (Å²) >= 11 is 0.